The van der Waals surface area contributed by atoms with Gasteiger partial charge < -0.3 is 20.3 Å². The second kappa shape index (κ2) is 10.7. The summed E-state index contributed by atoms with van der Waals surface area (Å²) in [5, 5.41) is 9.20. The molecule has 0 saturated carbocycles. The van der Waals surface area contributed by atoms with Gasteiger partial charge in [-0.2, -0.15) is 18.2 Å². The van der Waals surface area contributed by atoms with Crippen LogP contribution in [0, 0.1) is 11.6 Å². The van der Waals surface area contributed by atoms with Crippen LogP contribution in [0.5, 0.6) is 17.5 Å². The van der Waals surface area contributed by atoms with E-state index in [0.717, 1.165) is 6.07 Å². The van der Waals surface area contributed by atoms with E-state index in [1.165, 1.54) is 6.07 Å². The number of carboxylic acid groups (broad SMARTS) is 1. The minimum absolute atomic E-state index is 0.0167. The third-order valence-electron chi connectivity index (χ3n) is 4.89. The lowest BCUT2D eigenvalue weighted by Crippen LogP contribution is -2.27. The van der Waals surface area contributed by atoms with Gasteiger partial charge in [-0.25, -0.2) is 13.6 Å². The Bertz CT molecular complexity index is 1220. The number of carbonyl (C=O) groups is 1. The summed E-state index contributed by atoms with van der Waals surface area (Å²) in [6.07, 6.45) is -5.81. The van der Waals surface area contributed by atoms with E-state index in [2.05, 4.69) is 4.98 Å². The first kappa shape index (κ1) is 25.9. The Labute approximate surface area is 197 Å². The molecule has 3 aromatic rings. The van der Waals surface area contributed by atoms with Crippen molar-refractivity contribution < 1.29 is 41.3 Å². The van der Waals surface area contributed by atoms with Crippen LogP contribution < -0.4 is 15.2 Å². The number of hydrogen-bond donors (Lipinski definition) is 2. The van der Waals surface area contributed by atoms with Crippen molar-refractivity contribution in [2.75, 3.05) is 0 Å². The number of halogens is 5. The molecule has 0 aliphatic rings. The molecule has 3 N–H and O–H groups in total. The summed E-state index contributed by atoms with van der Waals surface area (Å²) in [5.74, 6) is -6.17. The van der Waals surface area contributed by atoms with E-state index in [1.54, 1.807) is 31.2 Å². The van der Waals surface area contributed by atoms with Crippen molar-refractivity contribution in [3.05, 3.63) is 71.3 Å². The van der Waals surface area contributed by atoms with Crippen molar-refractivity contribution in [1.82, 2.24) is 4.98 Å². The van der Waals surface area contributed by atoms with E-state index in [9.17, 15) is 31.9 Å². The van der Waals surface area contributed by atoms with Crippen molar-refractivity contribution in [2.45, 2.75) is 38.6 Å². The number of rotatable bonds is 9. The quantitative estimate of drug-likeness (QED) is 0.357. The molecule has 1 atom stereocenters. The molecule has 0 radical (unpaired) electrons. The highest BCUT2D eigenvalue weighted by atomic mass is 19.4. The highest BCUT2D eigenvalue weighted by Crippen LogP contribution is 2.37. The van der Waals surface area contributed by atoms with Crippen LogP contribution in [0.4, 0.5) is 22.0 Å². The molecule has 1 aromatic heterocycles. The summed E-state index contributed by atoms with van der Waals surface area (Å²) in [7, 11) is 0. The molecule has 1 unspecified atom stereocenters. The Morgan fingerprint density at radius 1 is 1.06 bits per heavy atom. The van der Waals surface area contributed by atoms with Gasteiger partial charge in [-0.15, -0.1) is 0 Å². The smallest absolute Gasteiger partial charge is 0.416 e. The van der Waals surface area contributed by atoms with Crippen LogP contribution >= 0.6 is 0 Å². The molecule has 186 valence electrons. The van der Waals surface area contributed by atoms with Gasteiger partial charge in [0.05, 0.1) is 5.56 Å². The summed E-state index contributed by atoms with van der Waals surface area (Å²) in [6.45, 7) is 1.84. The maximum atomic E-state index is 14.4. The highest BCUT2D eigenvalue weighted by Gasteiger charge is 2.32. The number of aliphatic carboxylic acids is 1. The van der Waals surface area contributed by atoms with E-state index in [1.807, 2.05) is 0 Å². The highest BCUT2D eigenvalue weighted by molar-refractivity contribution is 5.72. The fourth-order valence-electron chi connectivity index (χ4n) is 3.20. The van der Waals surface area contributed by atoms with Gasteiger partial charge in [0, 0.05) is 12.6 Å². The Hall–Kier alpha value is -3.73. The van der Waals surface area contributed by atoms with E-state index in [-0.39, 0.29) is 18.5 Å². The van der Waals surface area contributed by atoms with Crippen molar-refractivity contribution >= 4 is 5.97 Å². The van der Waals surface area contributed by atoms with Crippen LogP contribution in [0.25, 0.3) is 11.1 Å². The third-order valence-corrected chi connectivity index (χ3v) is 4.89. The number of nitrogens with zero attached hydrogens (tertiary/aromatic N) is 1. The number of hydrogen-bond acceptors (Lipinski definition) is 5. The van der Waals surface area contributed by atoms with Crippen molar-refractivity contribution in [2.24, 2.45) is 5.73 Å². The van der Waals surface area contributed by atoms with Crippen LogP contribution in [0.3, 0.4) is 0 Å². The van der Waals surface area contributed by atoms with Gasteiger partial charge in [0.15, 0.2) is 17.7 Å². The summed E-state index contributed by atoms with van der Waals surface area (Å²) in [5.41, 5.74) is 5.73. The molecule has 1 heterocycles. The molecule has 35 heavy (non-hydrogen) atoms. The number of nitrogens with two attached hydrogens (primary N) is 1. The van der Waals surface area contributed by atoms with Crippen molar-refractivity contribution in [3.63, 3.8) is 0 Å². The van der Waals surface area contributed by atoms with Crippen molar-refractivity contribution in [1.29, 1.82) is 0 Å². The second-order valence-corrected chi connectivity index (χ2v) is 7.55. The molecule has 6 nitrogen and oxygen atoms in total. The van der Waals surface area contributed by atoms with Gasteiger partial charge in [-0.3, -0.25) is 0 Å². The zero-order valence-electron chi connectivity index (χ0n) is 18.4. The van der Waals surface area contributed by atoms with Crippen LogP contribution in [0.1, 0.15) is 30.9 Å². The zero-order chi connectivity index (χ0) is 25.8. The topological polar surface area (TPSA) is 94.7 Å². The summed E-state index contributed by atoms with van der Waals surface area (Å²) < 4.78 is 79.5. The zero-order valence-corrected chi connectivity index (χ0v) is 18.4. The lowest BCUT2D eigenvalue weighted by molar-refractivity contribution is -0.145. The Kier molecular flexibility index (Phi) is 7.90. The molecule has 0 aliphatic carbocycles. The molecular formula is C24H21F5N2O4. The van der Waals surface area contributed by atoms with Gasteiger partial charge in [-0.05, 0) is 47.4 Å². The minimum Gasteiger partial charge on any atom is -0.479 e. The number of pyridine rings is 1. The molecule has 0 aliphatic heterocycles. The lowest BCUT2D eigenvalue weighted by atomic mass is 10.0. The van der Waals surface area contributed by atoms with Gasteiger partial charge in [0.2, 0.25) is 0 Å². The van der Waals surface area contributed by atoms with E-state index < -0.39 is 53.0 Å². The molecule has 0 fully saturated rings. The van der Waals surface area contributed by atoms with Crippen LogP contribution in [-0.4, -0.2) is 22.2 Å². The third kappa shape index (κ3) is 6.44. The molecule has 0 amide bonds. The van der Waals surface area contributed by atoms with Crippen molar-refractivity contribution in [3.8, 4) is 28.6 Å². The predicted octanol–water partition coefficient (Wildman–Crippen LogP) is 5.93. The number of carboxylic acids is 1. The first-order chi connectivity index (χ1) is 16.5. The molecule has 2 aromatic carbocycles. The van der Waals surface area contributed by atoms with E-state index >= 15 is 0 Å². The number of alkyl halides is 3. The maximum Gasteiger partial charge on any atom is 0.416 e. The van der Waals surface area contributed by atoms with Gasteiger partial charge in [0.25, 0.3) is 11.8 Å². The van der Waals surface area contributed by atoms with Gasteiger partial charge >= 0.3 is 12.1 Å². The number of aromatic nitrogens is 1. The fourth-order valence-corrected chi connectivity index (χ4v) is 3.20. The summed E-state index contributed by atoms with van der Waals surface area (Å²) in [4.78, 5) is 14.8. The Morgan fingerprint density at radius 2 is 1.77 bits per heavy atom. The molecule has 0 spiro atoms. The molecule has 0 saturated heterocycles. The lowest BCUT2D eigenvalue weighted by Gasteiger charge is -2.16. The average molecular weight is 496 g/mol. The second-order valence-electron chi connectivity index (χ2n) is 7.55. The Morgan fingerprint density at radius 3 is 2.40 bits per heavy atom. The largest absolute Gasteiger partial charge is 0.479 e. The molecule has 3 rings (SSSR count). The van der Waals surface area contributed by atoms with Gasteiger partial charge in [0.1, 0.15) is 5.75 Å². The fraction of sp³-hybridized carbons (Fsp3) is 0.250. The first-order valence-corrected chi connectivity index (χ1v) is 10.5. The summed E-state index contributed by atoms with van der Waals surface area (Å²) in [6, 6.07) is 9.61. The first-order valence-electron chi connectivity index (χ1n) is 10.5. The summed E-state index contributed by atoms with van der Waals surface area (Å²) >= 11 is 0. The van der Waals surface area contributed by atoms with Crippen LogP contribution in [-0.2, 0) is 17.5 Å². The number of benzene rings is 2. The minimum atomic E-state index is -4.75. The molecular weight excluding hydrogens is 475 g/mol. The van der Waals surface area contributed by atoms with Crippen LogP contribution in [0.15, 0.2) is 48.5 Å². The molecule has 0 bridgehead atoms. The van der Waals surface area contributed by atoms with E-state index in [0.29, 0.717) is 29.7 Å². The molecule has 11 heteroatoms. The SMILES string of the molecule is CCCC(Oc1nc(Oc2cc(-c3cccc(CN)c3)cc(C(F)(F)F)c2)c(F)cc1F)C(=O)O. The average Bonchev–Trinajstić information content (AvgIpc) is 2.80. The number of ether oxygens (including phenoxy) is 2. The maximum absolute atomic E-state index is 14.4. The predicted molar refractivity (Wildman–Crippen MR) is 116 cm³/mol. The standard InChI is InChI=1S/C24H21F5N2O4/c1-2-4-20(23(32)33)35-22-19(26)11-18(25)21(31-22)34-17-9-15(8-16(10-17)24(27,28)29)14-6-3-5-13(7-14)12-30/h3,5-11,20H,2,4,12,30H2,1H3,(H,32,33). The Balaban J connectivity index is 2.03. The van der Waals surface area contributed by atoms with E-state index in [4.69, 9.17) is 15.2 Å². The monoisotopic (exact) mass is 496 g/mol. The van der Waals surface area contributed by atoms with Crippen LogP contribution in [0.2, 0.25) is 0 Å². The normalized spacial score (nSPS) is 12.3. The van der Waals surface area contributed by atoms with Gasteiger partial charge in [-0.1, -0.05) is 31.5 Å².